The van der Waals surface area contributed by atoms with E-state index in [1.807, 2.05) is 24.3 Å². The molecule has 4 rings (SSSR count). The van der Waals surface area contributed by atoms with E-state index in [4.69, 9.17) is 11.5 Å². The molecule has 0 bridgehead atoms. The van der Waals surface area contributed by atoms with Crippen molar-refractivity contribution in [2.75, 3.05) is 5.73 Å². The van der Waals surface area contributed by atoms with Crippen LogP contribution < -0.4 is 16.8 Å². The third-order valence-corrected chi connectivity index (χ3v) is 5.29. The quantitative estimate of drug-likeness (QED) is 0.372. The zero-order valence-electron chi connectivity index (χ0n) is 17.4. The van der Waals surface area contributed by atoms with Gasteiger partial charge in [-0.3, -0.25) is 14.5 Å². The van der Waals surface area contributed by atoms with Gasteiger partial charge in [0.05, 0.1) is 18.4 Å². The van der Waals surface area contributed by atoms with E-state index in [1.54, 1.807) is 17.1 Å². The molecule has 3 heterocycles. The van der Waals surface area contributed by atoms with Crippen molar-refractivity contribution in [1.82, 2.24) is 30.3 Å². The number of aromatic nitrogens is 5. The number of nitrogens with two attached hydrogens (primary N) is 2. The summed E-state index contributed by atoms with van der Waals surface area (Å²) < 4.78 is 1.68. The number of carbonyl (C=O) groups excluding carboxylic acids is 1. The van der Waals surface area contributed by atoms with Crippen molar-refractivity contribution < 1.29 is 4.79 Å². The van der Waals surface area contributed by atoms with Crippen LogP contribution in [0.2, 0.25) is 0 Å². The SMILES string of the molecule is N/C(=C\c1cc(C2CC2)[nH]c1N)CCCCn1cc(C(=O)NCc2ccccn2)nn1. The zero-order chi connectivity index (χ0) is 21.6. The van der Waals surface area contributed by atoms with E-state index in [9.17, 15) is 4.79 Å². The number of H-pyrrole nitrogens is 1. The Balaban J connectivity index is 1.19. The lowest BCUT2D eigenvalue weighted by molar-refractivity contribution is 0.0945. The summed E-state index contributed by atoms with van der Waals surface area (Å²) in [6.45, 7) is 1.03. The Morgan fingerprint density at radius 3 is 2.97 bits per heavy atom. The lowest BCUT2D eigenvalue weighted by atomic mass is 10.1. The number of aryl methyl sites for hydroxylation is 1. The topological polar surface area (TPSA) is 141 Å². The lowest BCUT2D eigenvalue weighted by Gasteiger charge is -2.03. The Morgan fingerprint density at radius 1 is 1.32 bits per heavy atom. The molecule has 0 radical (unpaired) electrons. The molecule has 0 saturated heterocycles. The fourth-order valence-electron chi connectivity index (χ4n) is 3.39. The third-order valence-electron chi connectivity index (χ3n) is 5.29. The summed E-state index contributed by atoms with van der Waals surface area (Å²) >= 11 is 0. The maximum Gasteiger partial charge on any atom is 0.273 e. The molecule has 3 aromatic rings. The second-order valence-electron chi connectivity index (χ2n) is 7.91. The molecule has 9 nitrogen and oxygen atoms in total. The molecular weight excluding hydrogens is 392 g/mol. The first-order valence-corrected chi connectivity index (χ1v) is 10.6. The Kier molecular flexibility index (Phi) is 6.30. The number of hydrogen-bond donors (Lipinski definition) is 4. The number of unbranched alkanes of at least 4 members (excludes halogenated alkanes) is 1. The van der Waals surface area contributed by atoms with Gasteiger partial charge in [0, 0.05) is 29.7 Å². The van der Waals surface area contributed by atoms with E-state index in [0.29, 0.717) is 30.5 Å². The minimum Gasteiger partial charge on any atom is -0.402 e. The summed E-state index contributed by atoms with van der Waals surface area (Å²) in [5.74, 6) is 1.05. The van der Waals surface area contributed by atoms with E-state index in [2.05, 4.69) is 31.7 Å². The molecule has 9 heteroatoms. The van der Waals surface area contributed by atoms with Crippen LogP contribution in [0.4, 0.5) is 5.82 Å². The second-order valence-corrected chi connectivity index (χ2v) is 7.91. The molecule has 1 fully saturated rings. The molecule has 0 atom stereocenters. The maximum absolute atomic E-state index is 12.2. The van der Waals surface area contributed by atoms with E-state index in [0.717, 1.165) is 36.2 Å². The van der Waals surface area contributed by atoms with Gasteiger partial charge in [-0.25, -0.2) is 0 Å². The van der Waals surface area contributed by atoms with Crippen LogP contribution in [0.1, 0.15) is 65.5 Å². The second kappa shape index (κ2) is 9.46. The number of nitrogens with one attached hydrogen (secondary N) is 2. The van der Waals surface area contributed by atoms with Crippen molar-refractivity contribution in [3.63, 3.8) is 0 Å². The number of nitrogens with zero attached hydrogens (tertiary/aromatic N) is 4. The highest BCUT2D eigenvalue weighted by Gasteiger charge is 2.25. The molecule has 6 N–H and O–H groups in total. The summed E-state index contributed by atoms with van der Waals surface area (Å²) in [6, 6.07) is 7.68. The van der Waals surface area contributed by atoms with Crippen molar-refractivity contribution in [3.05, 3.63) is 65.0 Å². The molecule has 1 aliphatic carbocycles. The van der Waals surface area contributed by atoms with E-state index in [-0.39, 0.29) is 5.91 Å². The number of pyridine rings is 1. The normalized spacial score (nSPS) is 14.0. The maximum atomic E-state index is 12.2. The monoisotopic (exact) mass is 420 g/mol. The highest BCUT2D eigenvalue weighted by Crippen LogP contribution is 2.40. The van der Waals surface area contributed by atoms with Crippen molar-refractivity contribution in [2.45, 2.75) is 51.1 Å². The predicted octanol–water partition coefficient (Wildman–Crippen LogP) is 2.56. The number of carbonyl (C=O) groups is 1. The van der Waals surface area contributed by atoms with Gasteiger partial charge in [0.1, 0.15) is 5.82 Å². The van der Waals surface area contributed by atoms with Crippen molar-refractivity contribution in [3.8, 4) is 0 Å². The minimum absolute atomic E-state index is 0.265. The van der Waals surface area contributed by atoms with Crippen LogP contribution in [0.25, 0.3) is 6.08 Å². The van der Waals surface area contributed by atoms with Crippen LogP contribution in [0.15, 0.2) is 42.4 Å². The van der Waals surface area contributed by atoms with Gasteiger partial charge in [-0.2, -0.15) is 0 Å². The largest absolute Gasteiger partial charge is 0.402 e. The lowest BCUT2D eigenvalue weighted by Crippen LogP contribution is -2.23. The van der Waals surface area contributed by atoms with E-state index in [1.165, 1.54) is 18.5 Å². The zero-order valence-corrected chi connectivity index (χ0v) is 17.4. The molecule has 0 unspecified atom stereocenters. The fourth-order valence-corrected chi connectivity index (χ4v) is 3.39. The standard InChI is InChI=1S/C22H28N8O/c23-17(11-16-12-19(15-7-8-15)27-21(16)24)5-2-4-10-30-14-20(28-29-30)22(31)26-13-18-6-1-3-9-25-18/h1,3,6,9,11-12,14-15,27H,2,4-5,7-8,10,13,23-24H2,(H,26,31)/b17-11-. The molecule has 0 aromatic carbocycles. The van der Waals surface area contributed by atoms with Crippen LogP contribution in [0.5, 0.6) is 0 Å². The van der Waals surface area contributed by atoms with Gasteiger partial charge >= 0.3 is 0 Å². The van der Waals surface area contributed by atoms with Crippen LogP contribution in [-0.4, -0.2) is 30.9 Å². The first-order valence-electron chi connectivity index (χ1n) is 10.6. The molecule has 31 heavy (non-hydrogen) atoms. The Morgan fingerprint density at radius 2 is 2.19 bits per heavy atom. The predicted molar refractivity (Wildman–Crippen MR) is 119 cm³/mol. The molecule has 0 spiro atoms. The smallest absolute Gasteiger partial charge is 0.273 e. The molecule has 1 saturated carbocycles. The average Bonchev–Trinajstić information content (AvgIpc) is 3.41. The number of allylic oxidation sites excluding steroid dienone is 1. The van der Waals surface area contributed by atoms with Gasteiger partial charge in [0.15, 0.2) is 5.69 Å². The molecular formula is C22H28N8O. The fraction of sp³-hybridized carbons (Fsp3) is 0.364. The van der Waals surface area contributed by atoms with Crippen molar-refractivity contribution in [2.24, 2.45) is 5.73 Å². The van der Waals surface area contributed by atoms with Crippen LogP contribution in [0, 0.1) is 0 Å². The van der Waals surface area contributed by atoms with Gasteiger partial charge in [0.25, 0.3) is 5.91 Å². The minimum atomic E-state index is -0.265. The first kappa shape index (κ1) is 20.6. The average molecular weight is 421 g/mol. The van der Waals surface area contributed by atoms with Crippen LogP contribution in [0.3, 0.4) is 0 Å². The molecule has 1 amide bonds. The van der Waals surface area contributed by atoms with Crippen LogP contribution >= 0.6 is 0 Å². The highest BCUT2D eigenvalue weighted by molar-refractivity contribution is 5.91. The number of nitrogen functional groups attached to an aromatic ring is 1. The number of aromatic amines is 1. The summed E-state index contributed by atoms with van der Waals surface area (Å²) in [5, 5.41) is 10.8. The number of hydrogen-bond acceptors (Lipinski definition) is 6. The van der Waals surface area contributed by atoms with Gasteiger partial charge in [-0.15, -0.1) is 5.10 Å². The van der Waals surface area contributed by atoms with Crippen molar-refractivity contribution >= 4 is 17.8 Å². The van der Waals surface area contributed by atoms with E-state index >= 15 is 0 Å². The summed E-state index contributed by atoms with van der Waals surface area (Å²) in [5.41, 5.74) is 16.3. The summed E-state index contributed by atoms with van der Waals surface area (Å²) in [4.78, 5) is 19.6. The Hall–Kier alpha value is -3.62. The molecule has 3 aromatic heterocycles. The molecule has 162 valence electrons. The van der Waals surface area contributed by atoms with Gasteiger partial charge in [-0.1, -0.05) is 11.3 Å². The van der Waals surface area contributed by atoms with Crippen molar-refractivity contribution in [1.29, 1.82) is 0 Å². The molecule has 0 aliphatic heterocycles. The highest BCUT2D eigenvalue weighted by atomic mass is 16.2. The number of amides is 1. The third kappa shape index (κ3) is 5.71. The number of anilines is 1. The summed E-state index contributed by atoms with van der Waals surface area (Å²) in [6.07, 6.45) is 10.3. The van der Waals surface area contributed by atoms with E-state index < -0.39 is 0 Å². The molecule has 1 aliphatic rings. The number of rotatable bonds is 10. The van der Waals surface area contributed by atoms with Crippen LogP contribution in [-0.2, 0) is 13.1 Å². The first-order chi connectivity index (χ1) is 15.1. The van der Waals surface area contributed by atoms with Gasteiger partial charge in [-0.05, 0) is 62.3 Å². The van der Waals surface area contributed by atoms with Gasteiger partial charge in [0.2, 0.25) is 0 Å². The Labute approximate surface area is 180 Å². The summed E-state index contributed by atoms with van der Waals surface area (Å²) in [7, 11) is 0. The van der Waals surface area contributed by atoms with Gasteiger partial charge < -0.3 is 21.8 Å². The Bertz CT molecular complexity index is 1050.